The maximum absolute atomic E-state index is 5.44. The molecule has 0 atom stereocenters. The van der Waals surface area contributed by atoms with E-state index in [-0.39, 0.29) is 0 Å². The lowest BCUT2D eigenvalue weighted by molar-refractivity contribution is 0.615. The van der Waals surface area contributed by atoms with Crippen molar-refractivity contribution in [2.75, 3.05) is 13.1 Å². The molecule has 0 aliphatic heterocycles. The summed E-state index contributed by atoms with van der Waals surface area (Å²) < 4.78 is 0. The summed E-state index contributed by atoms with van der Waals surface area (Å²) >= 11 is 0. The van der Waals surface area contributed by atoms with Crippen molar-refractivity contribution in [2.24, 2.45) is 5.73 Å². The van der Waals surface area contributed by atoms with Crippen LogP contribution in [0.2, 0.25) is 0 Å². The molecule has 0 spiro atoms. The van der Waals surface area contributed by atoms with E-state index in [9.17, 15) is 0 Å². The lowest BCUT2D eigenvalue weighted by Crippen LogP contribution is -2.16. The number of benzene rings is 1. The Labute approximate surface area is 107 Å². The number of rotatable bonds is 7. The van der Waals surface area contributed by atoms with Crippen molar-refractivity contribution in [1.82, 2.24) is 20.3 Å². The molecule has 3 N–H and O–H groups in total. The van der Waals surface area contributed by atoms with Gasteiger partial charge in [0.15, 0.2) is 0 Å². The summed E-state index contributed by atoms with van der Waals surface area (Å²) in [5.41, 5.74) is 7.37. The smallest absolute Gasteiger partial charge is 0.0969 e. The number of para-hydroxylation sites is 1. The van der Waals surface area contributed by atoms with E-state index in [0.717, 1.165) is 43.9 Å². The van der Waals surface area contributed by atoms with Crippen LogP contribution in [0.1, 0.15) is 18.5 Å². The first-order valence-electron chi connectivity index (χ1n) is 6.27. The highest BCUT2D eigenvalue weighted by molar-refractivity contribution is 5.28. The van der Waals surface area contributed by atoms with Crippen LogP contribution in [0.3, 0.4) is 0 Å². The molecule has 1 heterocycles. The lowest BCUT2D eigenvalue weighted by Gasteiger charge is -2.01. The van der Waals surface area contributed by atoms with E-state index in [0.29, 0.717) is 0 Å². The van der Waals surface area contributed by atoms with Crippen molar-refractivity contribution >= 4 is 0 Å². The van der Waals surface area contributed by atoms with Gasteiger partial charge in [-0.25, -0.2) is 0 Å². The van der Waals surface area contributed by atoms with Crippen molar-refractivity contribution in [1.29, 1.82) is 0 Å². The number of nitrogens with zero attached hydrogens (tertiary/aromatic N) is 3. The van der Waals surface area contributed by atoms with E-state index < -0.39 is 0 Å². The maximum atomic E-state index is 5.44. The summed E-state index contributed by atoms with van der Waals surface area (Å²) in [4.78, 5) is 1.65. The average molecular weight is 245 g/mol. The van der Waals surface area contributed by atoms with Crippen LogP contribution in [0.4, 0.5) is 0 Å². The summed E-state index contributed by atoms with van der Waals surface area (Å²) in [7, 11) is 0. The fourth-order valence-corrected chi connectivity index (χ4v) is 1.67. The van der Waals surface area contributed by atoms with Gasteiger partial charge in [-0.3, -0.25) is 0 Å². The Hall–Kier alpha value is -1.72. The van der Waals surface area contributed by atoms with Crippen LogP contribution >= 0.6 is 0 Å². The minimum absolute atomic E-state index is 0.747. The molecule has 0 radical (unpaired) electrons. The summed E-state index contributed by atoms with van der Waals surface area (Å²) in [6.07, 6.45) is 3.95. The van der Waals surface area contributed by atoms with E-state index in [2.05, 4.69) is 15.5 Å². The fourth-order valence-electron chi connectivity index (χ4n) is 1.67. The van der Waals surface area contributed by atoms with Crippen molar-refractivity contribution in [3.63, 3.8) is 0 Å². The Morgan fingerprint density at radius 3 is 2.78 bits per heavy atom. The van der Waals surface area contributed by atoms with Gasteiger partial charge >= 0.3 is 0 Å². The average Bonchev–Trinajstić information content (AvgIpc) is 2.88. The standard InChI is InChI=1S/C13H19N5/c14-8-4-5-9-15-10-12-11-16-18(17-12)13-6-2-1-3-7-13/h1-3,6-7,11,15H,4-5,8-10,14H2. The monoisotopic (exact) mass is 245 g/mol. The molecule has 5 nitrogen and oxygen atoms in total. The molecule has 0 saturated carbocycles. The summed E-state index contributed by atoms with van der Waals surface area (Å²) in [6.45, 7) is 2.47. The van der Waals surface area contributed by atoms with Crippen LogP contribution < -0.4 is 11.1 Å². The Bertz CT molecular complexity index is 451. The normalized spacial score (nSPS) is 10.7. The summed E-state index contributed by atoms with van der Waals surface area (Å²) in [5, 5.41) is 12.0. The van der Waals surface area contributed by atoms with Crippen LogP contribution in [0.5, 0.6) is 0 Å². The highest BCUT2D eigenvalue weighted by atomic mass is 15.5. The van der Waals surface area contributed by atoms with Gasteiger partial charge < -0.3 is 11.1 Å². The van der Waals surface area contributed by atoms with Crippen LogP contribution in [0.15, 0.2) is 36.5 Å². The van der Waals surface area contributed by atoms with E-state index in [1.54, 1.807) is 11.0 Å². The molecule has 96 valence electrons. The molecule has 0 aliphatic carbocycles. The van der Waals surface area contributed by atoms with Crippen molar-refractivity contribution < 1.29 is 0 Å². The first kappa shape index (κ1) is 12.7. The lowest BCUT2D eigenvalue weighted by atomic mass is 10.3. The first-order valence-corrected chi connectivity index (χ1v) is 6.27. The number of unbranched alkanes of at least 4 members (excludes halogenated alkanes) is 1. The SMILES string of the molecule is NCCCCNCc1cnn(-c2ccccc2)n1. The Morgan fingerprint density at radius 1 is 1.17 bits per heavy atom. The third-order valence-electron chi connectivity index (χ3n) is 2.64. The van der Waals surface area contributed by atoms with Crippen molar-refractivity contribution in [3.05, 3.63) is 42.2 Å². The quantitative estimate of drug-likeness (QED) is 0.717. The van der Waals surface area contributed by atoms with Gasteiger partial charge in [0.25, 0.3) is 0 Å². The zero-order chi connectivity index (χ0) is 12.6. The largest absolute Gasteiger partial charge is 0.330 e. The van der Waals surface area contributed by atoms with E-state index in [4.69, 9.17) is 5.73 Å². The summed E-state index contributed by atoms with van der Waals surface area (Å²) in [5.74, 6) is 0. The van der Waals surface area contributed by atoms with Gasteiger partial charge in [-0.15, -0.1) is 0 Å². The molecule has 5 heteroatoms. The maximum Gasteiger partial charge on any atom is 0.0969 e. The minimum atomic E-state index is 0.747. The molecule has 2 aromatic rings. The van der Waals surface area contributed by atoms with Crippen molar-refractivity contribution in [2.45, 2.75) is 19.4 Å². The number of aromatic nitrogens is 3. The second kappa shape index (κ2) is 6.88. The van der Waals surface area contributed by atoms with E-state index >= 15 is 0 Å². The molecule has 2 rings (SSSR count). The zero-order valence-electron chi connectivity index (χ0n) is 10.4. The van der Waals surface area contributed by atoms with Gasteiger partial charge in [0.2, 0.25) is 0 Å². The molecule has 0 saturated heterocycles. The molecule has 18 heavy (non-hydrogen) atoms. The van der Waals surface area contributed by atoms with E-state index in [1.807, 2.05) is 30.3 Å². The molecular formula is C13H19N5. The van der Waals surface area contributed by atoms with Crippen LogP contribution in [-0.2, 0) is 6.54 Å². The molecule has 0 fully saturated rings. The molecule has 1 aromatic heterocycles. The predicted octanol–water partition coefficient (Wildman–Crippen LogP) is 1.10. The molecule has 0 bridgehead atoms. The fraction of sp³-hybridized carbons (Fsp3) is 0.385. The van der Waals surface area contributed by atoms with Gasteiger partial charge in [0.1, 0.15) is 0 Å². The van der Waals surface area contributed by atoms with Crippen LogP contribution in [-0.4, -0.2) is 28.1 Å². The van der Waals surface area contributed by atoms with Crippen LogP contribution in [0, 0.1) is 0 Å². The summed E-state index contributed by atoms with van der Waals surface area (Å²) in [6, 6.07) is 9.90. The third-order valence-corrected chi connectivity index (χ3v) is 2.64. The van der Waals surface area contributed by atoms with E-state index in [1.165, 1.54) is 0 Å². The first-order chi connectivity index (χ1) is 8.90. The van der Waals surface area contributed by atoms with Gasteiger partial charge in [-0.1, -0.05) is 18.2 Å². The third kappa shape index (κ3) is 3.65. The van der Waals surface area contributed by atoms with Gasteiger partial charge in [-0.2, -0.15) is 15.0 Å². The molecule has 1 aromatic carbocycles. The molecular weight excluding hydrogens is 226 g/mol. The second-order valence-corrected chi connectivity index (χ2v) is 4.13. The van der Waals surface area contributed by atoms with Gasteiger partial charge in [0.05, 0.1) is 17.6 Å². The Balaban J connectivity index is 1.83. The number of hydrogen-bond acceptors (Lipinski definition) is 4. The Morgan fingerprint density at radius 2 is 2.00 bits per heavy atom. The number of hydrogen-bond donors (Lipinski definition) is 2. The minimum Gasteiger partial charge on any atom is -0.330 e. The zero-order valence-corrected chi connectivity index (χ0v) is 10.4. The topological polar surface area (TPSA) is 68.8 Å². The van der Waals surface area contributed by atoms with Gasteiger partial charge in [0, 0.05) is 6.54 Å². The number of nitrogens with two attached hydrogens (primary N) is 1. The molecule has 0 amide bonds. The number of nitrogens with one attached hydrogen (secondary N) is 1. The van der Waals surface area contributed by atoms with Crippen LogP contribution in [0.25, 0.3) is 5.69 Å². The second-order valence-electron chi connectivity index (χ2n) is 4.13. The molecule has 0 unspecified atom stereocenters. The van der Waals surface area contributed by atoms with Gasteiger partial charge in [-0.05, 0) is 38.1 Å². The predicted molar refractivity (Wildman–Crippen MR) is 71.4 cm³/mol. The Kier molecular flexibility index (Phi) is 4.87. The highest BCUT2D eigenvalue weighted by Gasteiger charge is 2.01. The van der Waals surface area contributed by atoms with Crippen molar-refractivity contribution in [3.8, 4) is 5.69 Å². The highest BCUT2D eigenvalue weighted by Crippen LogP contribution is 2.03. The molecule has 0 aliphatic rings.